The predicted octanol–water partition coefficient (Wildman–Crippen LogP) is 1.63. The first kappa shape index (κ1) is 3.23. The summed E-state index contributed by atoms with van der Waals surface area (Å²) >= 11 is 2.84. The summed E-state index contributed by atoms with van der Waals surface area (Å²) in [6, 6.07) is -0.496. The van der Waals surface area contributed by atoms with Crippen molar-refractivity contribution in [3.63, 3.8) is 0 Å². The van der Waals surface area contributed by atoms with Crippen LogP contribution in [-0.2, 0) is 4.74 Å². The summed E-state index contributed by atoms with van der Waals surface area (Å²) in [5.41, 5.74) is -0.594. The minimum Gasteiger partial charge on any atom is -0.465 e. The Balaban J connectivity index is 3.24. The molecule has 1 aromatic heterocycles. The topological polar surface area (TPSA) is 39.2 Å². The number of aromatic nitrogens is 1. The van der Waals surface area contributed by atoms with Crippen molar-refractivity contribution in [3.8, 4) is 0 Å². The zero-order chi connectivity index (χ0) is 13.4. The Morgan fingerprint density at radius 1 is 1.91 bits per heavy atom. The molecule has 1 heterocycles. The molecule has 0 saturated carbocycles. The van der Waals surface area contributed by atoms with Gasteiger partial charge in [0, 0.05) is 16.8 Å². The smallest absolute Gasteiger partial charge is 0.339 e. The lowest BCUT2D eigenvalue weighted by Gasteiger charge is -1.97. The van der Waals surface area contributed by atoms with Gasteiger partial charge in [0.05, 0.1) is 20.8 Å². The number of rotatable bonds is 1. The van der Waals surface area contributed by atoms with Gasteiger partial charge >= 0.3 is 5.97 Å². The number of pyridine rings is 1. The maximum absolute atomic E-state index is 11.4. The van der Waals surface area contributed by atoms with Crippen LogP contribution in [0, 0.1) is 0 Å². The molecule has 0 N–H and O–H groups in total. The SMILES string of the molecule is [2H]c1nc([2H])c(C(=O)OC([2H])([2H])[2H])c([2H])c1Br. The molecular formula is C7H6BrNO2. The van der Waals surface area contributed by atoms with Crippen LogP contribution in [0.4, 0.5) is 0 Å². The highest BCUT2D eigenvalue weighted by Crippen LogP contribution is 2.09. The standard InChI is InChI=1S/C7H6BrNO2/c1-11-7(10)5-2-6(8)4-9-3-5/h2-4H,1H3/i1D3,2D,3D,4D. The van der Waals surface area contributed by atoms with Gasteiger partial charge in [-0.05, 0) is 22.0 Å². The second-order valence-electron chi connectivity index (χ2n) is 1.54. The van der Waals surface area contributed by atoms with Crippen molar-refractivity contribution >= 4 is 21.9 Å². The molecule has 0 saturated heterocycles. The Kier molecular flexibility index (Phi) is 1.02. The van der Waals surface area contributed by atoms with Gasteiger partial charge in [0.25, 0.3) is 0 Å². The van der Waals surface area contributed by atoms with Crippen molar-refractivity contribution in [1.29, 1.82) is 0 Å². The number of hydrogen-bond acceptors (Lipinski definition) is 3. The number of halogens is 1. The number of carbonyl (C=O) groups is 1. The van der Waals surface area contributed by atoms with Crippen molar-refractivity contribution in [2.45, 2.75) is 0 Å². The summed E-state index contributed by atoms with van der Waals surface area (Å²) in [6.45, 7) is 0. The maximum Gasteiger partial charge on any atom is 0.339 e. The van der Waals surface area contributed by atoms with E-state index in [2.05, 4.69) is 25.7 Å². The first-order chi connectivity index (χ1) is 7.63. The first-order valence-corrected chi connectivity index (χ1v) is 3.29. The maximum atomic E-state index is 11.4. The van der Waals surface area contributed by atoms with Gasteiger partial charge in [-0.1, -0.05) is 0 Å². The Bertz CT molecular complexity index is 474. The van der Waals surface area contributed by atoms with E-state index >= 15 is 0 Å². The molecule has 1 aromatic rings. The molecule has 0 spiro atoms. The van der Waals surface area contributed by atoms with Crippen molar-refractivity contribution in [1.82, 2.24) is 4.98 Å². The van der Waals surface area contributed by atoms with Crippen LogP contribution >= 0.6 is 15.9 Å². The highest BCUT2D eigenvalue weighted by Gasteiger charge is 2.04. The fourth-order valence-corrected chi connectivity index (χ4v) is 0.733. The summed E-state index contributed by atoms with van der Waals surface area (Å²) < 4.78 is 46.3. The molecule has 3 nitrogen and oxygen atoms in total. The second-order valence-corrected chi connectivity index (χ2v) is 2.33. The molecule has 0 atom stereocenters. The third kappa shape index (κ3) is 2.01. The van der Waals surface area contributed by atoms with E-state index < -0.39 is 30.8 Å². The van der Waals surface area contributed by atoms with Crippen LogP contribution < -0.4 is 0 Å². The normalized spacial score (nSPS) is 18.3. The van der Waals surface area contributed by atoms with Crippen LogP contribution in [0.2, 0.25) is 0 Å². The highest BCUT2D eigenvalue weighted by molar-refractivity contribution is 9.10. The van der Waals surface area contributed by atoms with Gasteiger partial charge in [-0.3, -0.25) is 4.98 Å². The lowest BCUT2D eigenvalue weighted by Crippen LogP contribution is -2.01. The summed E-state index contributed by atoms with van der Waals surface area (Å²) in [5.74, 6) is -1.34. The van der Waals surface area contributed by atoms with Crippen molar-refractivity contribution in [2.24, 2.45) is 0 Å². The summed E-state index contributed by atoms with van der Waals surface area (Å²) in [6.07, 6.45) is -1.05. The van der Waals surface area contributed by atoms with Gasteiger partial charge in [0.15, 0.2) is 0 Å². The molecule has 0 fully saturated rings. The van der Waals surface area contributed by atoms with Gasteiger partial charge in [-0.2, -0.15) is 0 Å². The van der Waals surface area contributed by atoms with Gasteiger partial charge in [0.1, 0.15) is 0 Å². The van der Waals surface area contributed by atoms with Crippen LogP contribution in [-0.4, -0.2) is 18.0 Å². The molecule has 0 bridgehead atoms. The largest absolute Gasteiger partial charge is 0.465 e. The monoisotopic (exact) mass is 221 g/mol. The number of esters is 1. The molecule has 58 valence electrons. The van der Waals surface area contributed by atoms with Gasteiger partial charge in [-0.25, -0.2) is 4.79 Å². The molecule has 0 radical (unpaired) electrons. The minimum absolute atomic E-state index is 0.106. The first-order valence-electron chi connectivity index (χ1n) is 5.50. The zero-order valence-corrected chi connectivity index (χ0v) is 6.73. The van der Waals surface area contributed by atoms with Crippen molar-refractivity contribution in [3.05, 3.63) is 28.4 Å². The summed E-state index contributed by atoms with van der Waals surface area (Å²) in [7, 11) is -2.96. The van der Waals surface area contributed by atoms with E-state index in [1.54, 1.807) is 0 Å². The zero-order valence-electron chi connectivity index (χ0n) is 11.1. The number of hydrogen-bond donors (Lipinski definition) is 0. The Hall–Kier alpha value is -0.900. The predicted molar refractivity (Wildman–Crippen MR) is 43.3 cm³/mol. The Morgan fingerprint density at radius 2 is 2.73 bits per heavy atom. The molecule has 0 aliphatic carbocycles. The van der Waals surface area contributed by atoms with E-state index in [4.69, 9.17) is 8.22 Å². The summed E-state index contributed by atoms with van der Waals surface area (Å²) in [5, 5.41) is 0. The van der Waals surface area contributed by atoms with Gasteiger partial charge in [-0.15, -0.1) is 0 Å². The van der Waals surface area contributed by atoms with Crippen LogP contribution in [0.3, 0.4) is 0 Å². The fraction of sp³-hybridized carbons (Fsp3) is 0.143. The molecule has 4 heteroatoms. The number of nitrogens with zero attached hydrogens (tertiary/aromatic N) is 1. The van der Waals surface area contributed by atoms with Crippen LogP contribution in [0.1, 0.15) is 18.6 Å². The molecule has 0 aromatic carbocycles. The lowest BCUT2D eigenvalue weighted by molar-refractivity contribution is 0.0600. The van der Waals surface area contributed by atoms with E-state index in [1.807, 2.05) is 0 Å². The summed E-state index contributed by atoms with van der Waals surface area (Å²) in [4.78, 5) is 14.8. The molecule has 1 rings (SSSR count). The van der Waals surface area contributed by atoms with E-state index in [1.165, 1.54) is 0 Å². The molecule has 11 heavy (non-hydrogen) atoms. The number of carbonyl (C=O) groups excluding carboxylic acids is 1. The molecule has 0 aliphatic rings. The highest BCUT2D eigenvalue weighted by atomic mass is 79.9. The number of ether oxygens (including phenoxy) is 1. The van der Waals surface area contributed by atoms with Crippen molar-refractivity contribution < 1.29 is 17.8 Å². The average molecular weight is 222 g/mol. The average Bonchev–Trinajstić information content (AvgIpc) is 2.11. The Labute approximate surface area is 81.0 Å². The van der Waals surface area contributed by atoms with Crippen LogP contribution in [0.15, 0.2) is 22.9 Å². The minimum atomic E-state index is -2.96. The second kappa shape index (κ2) is 3.48. The molecule has 0 aliphatic heterocycles. The van der Waals surface area contributed by atoms with Gasteiger partial charge in [0.2, 0.25) is 0 Å². The van der Waals surface area contributed by atoms with E-state index in [-0.39, 0.29) is 10.6 Å². The molecule has 0 amide bonds. The van der Waals surface area contributed by atoms with Gasteiger partial charge < -0.3 is 4.74 Å². The van der Waals surface area contributed by atoms with Crippen molar-refractivity contribution in [2.75, 3.05) is 7.04 Å². The third-order valence-electron chi connectivity index (χ3n) is 0.853. The number of methoxy groups -OCH3 is 1. The molecular weight excluding hydrogens is 210 g/mol. The Morgan fingerprint density at radius 3 is 3.45 bits per heavy atom. The fourth-order valence-electron chi connectivity index (χ4n) is 0.446. The third-order valence-corrected chi connectivity index (χ3v) is 1.23. The lowest BCUT2D eigenvalue weighted by atomic mass is 10.3. The van der Waals surface area contributed by atoms with E-state index in [0.717, 1.165) is 0 Å². The van der Waals surface area contributed by atoms with E-state index in [9.17, 15) is 4.79 Å². The molecule has 0 unspecified atom stereocenters. The van der Waals surface area contributed by atoms with Crippen LogP contribution in [0.25, 0.3) is 0 Å². The quantitative estimate of drug-likeness (QED) is 0.678. The van der Waals surface area contributed by atoms with Crippen LogP contribution in [0.5, 0.6) is 0 Å². The van der Waals surface area contributed by atoms with E-state index in [0.29, 0.717) is 0 Å².